The third kappa shape index (κ3) is 2.83. The second kappa shape index (κ2) is 5.29. The Kier molecular flexibility index (Phi) is 4.25. The molecule has 17 heavy (non-hydrogen) atoms. The molecule has 1 unspecified atom stereocenters. The van der Waals surface area contributed by atoms with Crippen LogP contribution in [-0.2, 0) is 20.6 Å². The zero-order chi connectivity index (χ0) is 13.2. The first-order chi connectivity index (χ1) is 7.88. The van der Waals surface area contributed by atoms with E-state index in [-0.39, 0.29) is 23.9 Å². The van der Waals surface area contributed by atoms with Crippen LogP contribution in [0, 0.1) is 0 Å². The first kappa shape index (κ1) is 13.7. The molecule has 1 aromatic rings. The number of aromatic nitrogens is 2. The summed E-state index contributed by atoms with van der Waals surface area (Å²) in [5.74, 6) is 0. The maximum Gasteiger partial charge on any atom is 0.330 e. The number of hydrogen-bond donors (Lipinski definition) is 1. The molecule has 0 radical (unpaired) electrons. The molecule has 0 fully saturated rings. The monoisotopic (exact) mass is 241 g/mol. The maximum absolute atomic E-state index is 11.7. The van der Waals surface area contributed by atoms with Crippen LogP contribution in [0.25, 0.3) is 0 Å². The van der Waals surface area contributed by atoms with E-state index in [9.17, 15) is 9.59 Å². The quantitative estimate of drug-likeness (QED) is 0.726. The van der Waals surface area contributed by atoms with Crippen molar-refractivity contribution in [1.82, 2.24) is 14.0 Å². The van der Waals surface area contributed by atoms with Gasteiger partial charge in [-0.25, -0.2) is 4.79 Å². The van der Waals surface area contributed by atoms with Crippen LogP contribution in [0.3, 0.4) is 0 Å². The third-order valence-corrected chi connectivity index (χ3v) is 3.05. The number of aliphatic hydroxyl groups is 1. The van der Waals surface area contributed by atoms with E-state index in [4.69, 9.17) is 5.11 Å². The summed E-state index contributed by atoms with van der Waals surface area (Å²) >= 11 is 0. The first-order valence-corrected chi connectivity index (χ1v) is 5.45. The van der Waals surface area contributed by atoms with Gasteiger partial charge in [0.2, 0.25) is 0 Å². The summed E-state index contributed by atoms with van der Waals surface area (Å²) in [6.07, 6.45) is 0. The van der Waals surface area contributed by atoms with Crippen LogP contribution >= 0.6 is 0 Å². The largest absolute Gasteiger partial charge is 0.395 e. The molecular weight excluding hydrogens is 222 g/mol. The van der Waals surface area contributed by atoms with Crippen LogP contribution in [0.15, 0.2) is 15.7 Å². The van der Waals surface area contributed by atoms with E-state index in [0.717, 1.165) is 4.57 Å². The van der Waals surface area contributed by atoms with Crippen LogP contribution in [0.5, 0.6) is 0 Å². The summed E-state index contributed by atoms with van der Waals surface area (Å²) in [5, 5.41) is 9.03. The SMILES string of the molecule is CC(CO)N(C)Cc1cc(=O)n(C)c(=O)n1C. The van der Waals surface area contributed by atoms with Gasteiger partial charge < -0.3 is 5.11 Å². The molecule has 6 heteroatoms. The molecule has 0 aliphatic heterocycles. The number of nitrogens with zero attached hydrogens (tertiary/aromatic N) is 3. The maximum atomic E-state index is 11.7. The van der Waals surface area contributed by atoms with E-state index in [1.807, 2.05) is 18.9 Å². The third-order valence-electron chi connectivity index (χ3n) is 3.05. The molecule has 0 saturated carbocycles. The average molecular weight is 241 g/mol. The van der Waals surface area contributed by atoms with Crippen LogP contribution in [-0.4, -0.2) is 38.8 Å². The summed E-state index contributed by atoms with van der Waals surface area (Å²) in [5.41, 5.74) is -0.00777. The molecule has 0 aliphatic carbocycles. The fourth-order valence-corrected chi connectivity index (χ4v) is 1.48. The molecule has 1 rings (SSSR count). The Labute approximate surface area is 99.7 Å². The van der Waals surface area contributed by atoms with Crippen LogP contribution < -0.4 is 11.2 Å². The Morgan fingerprint density at radius 1 is 1.35 bits per heavy atom. The van der Waals surface area contributed by atoms with E-state index < -0.39 is 0 Å². The summed E-state index contributed by atoms with van der Waals surface area (Å²) in [6.45, 7) is 2.36. The van der Waals surface area contributed by atoms with E-state index in [1.54, 1.807) is 7.05 Å². The lowest BCUT2D eigenvalue weighted by Crippen LogP contribution is -2.40. The molecular formula is C11H19N3O3. The molecule has 1 atom stereocenters. The van der Waals surface area contributed by atoms with Crippen molar-refractivity contribution in [3.05, 3.63) is 32.6 Å². The van der Waals surface area contributed by atoms with Crippen molar-refractivity contribution >= 4 is 0 Å². The van der Waals surface area contributed by atoms with Gasteiger partial charge in [-0.1, -0.05) is 0 Å². The summed E-state index contributed by atoms with van der Waals surface area (Å²) < 4.78 is 2.51. The van der Waals surface area contributed by atoms with Gasteiger partial charge in [0, 0.05) is 38.4 Å². The smallest absolute Gasteiger partial charge is 0.330 e. The van der Waals surface area contributed by atoms with Gasteiger partial charge in [-0.05, 0) is 14.0 Å². The standard InChI is InChI=1S/C11H19N3O3/c1-8(7-15)12(2)6-9-5-10(16)14(4)11(17)13(9)3/h5,8,15H,6-7H2,1-4H3. The van der Waals surface area contributed by atoms with Crippen molar-refractivity contribution in [3.63, 3.8) is 0 Å². The zero-order valence-electron chi connectivity index (χ0n) is 10.7. The molecule has 6 nitrogen and oxygen atoms in total. The molecule has 0 spiro atoms. The topological polar surface area (TPSA) is 67.5 Å². The van der Waals surface area contributed by atoms with E-state index >= 15 is 0 Å². The van der Waals surface area contributed by atoms with Gasteiger partial charge in [-0.2, -0.15) is 0 Å². The zero-order valence-corrected chi connectivity index (χ0v) is 10.7. The molecule has 1 heterocycles. The van der Waals surface area contributed by atoms with Gasteiger partial charge in [0.15, 0.2) is 0 Å². The highest BCUT2D eigenvalue weighted by atomic mass is 16.3. The minimum Gasteiger partial charge on any atom is -0.395 e. The van der Waals surface area contributed by atoms with Crippen molar-refractivity contribution < 1.29 is 5.11 Å². The van der Waals surface area contributed by atoms with E-state index in [2.05, 4.69) is 0 Å². The summed E-state index contributed by atoms with van der Waals surface area (Å²) in [4.78, 5) is 25.1. The Balaban J connectivity index is 3.09. The van der Waals surface area contributed by atoms with Crippen LogP contribution in [0.4, 0.5) is 0 Å². The van der Waals surface area contributed by atoms with Gasteiger partial charge in [0.25, 0.3) is 5.56 Å². The van der Waals surface area contributed by atoms with Crippen molar-refractivity contribution in [2.45, 2.75) is 19.5 Å². The Hall–Kier alpha value is -1.40. The molecule has 1 N–H and O–H groups in total. The Bertz CT molecular complexity index is 504. The molecule has 0 aromatic carbocycles. The van der Waals surface area contributed by atoms with Crippen molar-refractivity contribution in [2.75, 3.05) is 13.7 Å². The Morgan fingerprint density at radius 2 is 1.94 bits per heavy atom. The molecule has 0 amide bonds. The minimum absolute atomic E-state index is 0.0193. The summed E-state index contributed by atoms with van der Waals surface area (Å²) in [7, 11) is 4.92. The van der Waals surface area contributed by atoms with Crippen molar-refractivity contribution in [1.29, 1.82) is 0 Å². The number of likely N-dealkylation sites (N-methyl/N-ethyl adjacent to an activating group) is 1. The highest BCUT2D eigenvalue weighted by Gasteiger charge is 2.12. The van der Waals surface area contributed by atoms with Crippen molar-refractivity contribution in [3.8, 4) is 0 Å². The minimum atomic E-state index is -0.336. The fourth-order valence-electron chi connectivity index (χ4n) is 1.48. The van der Waals surface area contributed by atoms with Gasteiger partial charge in [-0.3, -0.25) is 18.8 Å². The van der Waals surface area contributed by atoms with Crippen LogP contribution in [0.2, 0.25) is 0 Å². The van der Waals surface area contributed by atoms with Gasteiger partial charge in [0.05, 0.1) is 6.61 Å². The normalized spacial score (nSPS) is 13.1. The number of aliphatic hydroxyl groups excluding tert-OH is 1. The molecule has 96 valence electrons. The average Bonchev–Trinajstić information content (AvgIpc) is 2.32. The first-order valence-electron chi connectivity index (χ1n) is 5.45. The van der Waals surface area contributed by atoms with E-state index in [1.165, 1.54) is 17.7 Å². The second-order valence-electron chi connectivity index (χ2n) is 4.32. The highest BCUT2D eigenvalue weighted by molar-refractivity contribution is 5.02. The van der Waals surface area contributed by atoms with Crippen molar-refractivity contribution in [2.24, 2.45) is 14.1 Å². The van der Waals surface area contributed by atoms with Crippen LogP contribution in [0.1, 0.15) is 12.6 Å². The molecule has 1 aromatic heterocycles. The predicted octanol–water partition coefficient (Wildman–Crippen LogP) is -1.10. The highest BCUT2D eigenvalue weighted by Crippen LogP contribution is 2.01. The molecule has 0 saturated heterocycles. The lowest BCUT2D eigenvalue weighted by molar-refractivity contribution is 0.151. The van der Waals surface area contributed by atoms with Gasteiger partial charge >= 0.3 is 5.69 Å². The summed E-state index contributed by atoms with van der Waals surface area (Å²) in [6, 6.07) is 1.43. The van der Waals surface area contributed by atoms with E-state index in [0.29, 0.717) is 12.2 Å². The number of hydrogen-bond acceptors (Lipinski definition) is 4. The second-order valence-corrected chi connectivity index (χ2v) is 4.32. The van der Waals surface area contributed by atoms with Gasteiger partial charge in [0.1, 0.15) is 0 Å². The lowest BCUT2D eigenvalue weighted by Gasteiger charge is -2.23. The van der Waals surface area contributed by atoms with Gasteiger partial charge in [-0.15, -0.1) is 0 Å². The Morgan fingerprint density at radius 3 is 2.47 bits per heavy atom. The fraction of sp³-hybridized carbons (Fsp3) is 0.636. The lowest BCUT2D eigenvalue weighted by atomic mass is 10.3. The number of rotatable bonds is 4. The predicted molar refractivity (Wildman–Crippen MR) is 64.9 cm³/mol. The molecule has 0 aliphatic rings. The molecule has 0 bridgehead atoms.